The van der Waals surface area contributed by atoms with Crippen LogP contribution in [0.5, 0.6) is 0 Å². The van der Waals surface area contributed by atoms with E-state index >= 15 is 0 Å². The van der Waals surface area contributed by atoms with Gasteiger partial charge in [0, 0.05) is 25.9 Å². The highest BCUT2D eigenvalue weighted by Crippen LogP contribution is 2.28. The van der Waals surface area contributed by atoms with Crippen LogP contribution in [0, 0.1) is 0 Å². The molecule has 1 N–H and O–H groups in total. The van der Waals surface area contributed by atoms with Crippen LogP contribution in [0.4, 0.5) is 0 Å². The van der Waals surface area contributed by atoms with E-state index < -0.39 is 16.0 Å². The first-order valence-corrected chi connectivity index (χ1v) is 7.49. The molecule has 2 aromatic rings. The molecule has 0 saturated carbocycles. The van der Waals surface area contributed by atoms with Crippen LogP contribution in [0.3, 0.4) is 0 Å². The Hall–Kier alpha value is -2.25. The Labute approximate surface area is 122 Å². The van der Waals surface area contributed by atoms with E-state index in [2.05, 4.69) is 4.98 Å². The van der Waals surface area contributed by atoms with Crippen LogP contribution < -0.4 is 0 Å². The Kier molecular flexibility index (Phi) is 4.06. The number of pyridine rings is 1. The molecule has 2 rings (SSSR count). The number of hydrogen-bond acceptors (Lipinski definition) is 4. The quantitative estimate of drug-likeness (QED) is 0.929. The molecule has 0 aliphatic heterocycles. The number of sulfonamides is 1. The molecule has 110 valence electrons. The topological polar surface area (TPSA) is 87.6 Å². The predicted octanol–water partition coefficient (Wildman–Crippen LogP) is 1.70. The minimum Gasteiger partial charge on any atom is -0.477 e. The summed E-state index contributed by atoms with van der Waals surface area (Å²) < 4.78 is 25.8. The van der Waals surface area contributed by atoms with E-state index in [4.69, 9.17) is 5.11 Å². The molecule has 0 aliphatic carbocycles. The van der Waals surface area contributed by atoms with Crippen LogP contribution in [0.25, 0.3) is 11.1 Å². The zero-order chi connectivity index (χ0) is 15.6. The van der Waals surface area contributed by atoms with Gasteiger partial charge in [0.25, 0.3) is 0 Å². The van der Waals surface area contributed by atoms with Crippen molar-refractivity contribution in [1.82, 2.24) is 9.29 Å². The molecule has 0 radical (unpaired) electrons. The minimum absolute atomic E-state index is 0.123. The maximum atomic E-state index is 12.3. The summed E-state index contributed by atoms with van der Waals surface area (Å²) in [5.41, 5.74) is 0.795. The van der Waals surface area contributed by atoms with Gasteiger partial charge in [-0.25, -0.2) is 22.5 Å². The summed E-state index contributed by atoms with van der Waals surface area (Å²) in [7, 11) is -0.732. The lowest BCUT2D eigenvalue weighted by Gasteiger charge is -2.15. The summed E-state index contributed by atoms with van der Waals surface area (Å²) in [6.45, 7) is 0. The smallest absolute Gasteiger partial charge is 0.354 e. The van der Waals surface area contributed by atoms with Gasteiger partial charge in [-0.05, 0) is 23.8 Å². The fraction of sp³-hybridized carbons (Fsp3) is 0.143. The minimum atomic E-state index is -3.62. The second-order valence-corrected chi connectivity index (χ2v) is 6.64. The van der Waals surface area contributed by atoms with Crippen LogP contribution in [0.1, 0.15) is 10.5 Å². The van der Waals surface area contributed by atoms with E-state index in [-0.39, 0.29) is 10.6 Å². The highest BCUT2D eigenvalue weighted by Gasteiger charge is 2.21. The third kappa shape index (κ3) is 2.93. The average molecular weight is 306 g/mol. The van der Waals surface area contributed by atoms with Gasteiger partial charge in [0.15, 0.2) is 0 Å². The van der Waals surface area contributed by atoms with Gasteiger partial charge in [-0.1, -0.05) is 18.2 Å². The molecule has 0 spiro atoms. The maximum absolute atomic E-state index is 12.3. The number of aromatic carboxylic acids is 1. The van der Waals surface area contributed by atoms with Crippen molar-refractivity contribution < 1.29 is 18.3 Å². The number of carbonyl (C=O) groups is 1. The Morgan fingerprint density at radius 3 is 2.48 bits per heavy atom. The Bertz CT molecular complexity index is 785. The molecular weight excluding hydrogens is 292 g/mol. The summed E-state index contributed by atoms with van der Waals surface area (Å²) in [6.07, 6.45) is 1.35. The number of benzene rings is 1. The Morgan fingerprint density at radius 1 is 1.19 bits per heavy atom. The number of rotatable bonds is 4. The lowest BCUT2D eigenvalue weighted by Crippen LogP contribution is -2.22. The van der Waals surface area contributed by atoms with Gasteiger partial charge in [0.05, 0.1) is 4.90 Å². The van der Waals surface area contributed by atoms with Crippen molar-refractivity contribution in [2.45, 2.75) is 4.90 Å². The lowest BCUT2D eigenvalue weighted by molar-refractivity contribution is 0.0690. The summed E-state index contributed by atoms with van der Waals surface area (Å²) in [4.78, 5) is 14.8. The summed E-state index contributed by atoms with van der Waals surface area (Å²) >= 11 is 0. The Morgan fingerprint density at radius 2 is 1.86 bits per heavy atom. The Balaban J connectivity index is 2.66. The molecule has 0 aliphatic rings. The van der Waals surface area contributed by atoms with E-state index in [9.17, 15) is 13.2 Å². The average Bonchev–Trinajstić information content (AvgIpc) is 2.47. The van der Waals surface area contributed by atoms with Gasteiger partial charge in [0.1, 0.15) is 5.69 Å². The van der Waals surface area contributed by atoms with E-state index in [1.54, 1.807) is 24.3 Å². The molecule has 0 unspecified atom stereocenters. The number of nitrogens with zero attached hydrogens (tertiary/aromatic N) is 2. The first-order chi connectivity index (χ1) is 9.84. The fourth-order valence-corrected chi connectivity index (χ4v) is 2.95. The van der Waals surface area contributed by atoms with Gasteiger partial charge in [-0.15, -0.1) is 0 Å². The lowest BCUT2D eigenvalue weighted by atomic mass is 10.1. The SMILES string of the molecule is CN(C)S(=O)(=O)c1ccccc1-c1ccnc(C(=O)O)c1. The van der Waals surface area contributed by atoms with Crippen molar-refractivity contribution >= 4 is 16.0 Å². The second kappa shape index (κ2) is 5.63. The fourth-order valence-electron chi connectivity index (χ4n) is 1.84. The van der Waals surface area contributed by atoms with E-state index in [0.29, 0.717) is 11.1 Å². The zero-order valence-corrected chi connectivity index (χ0v) is 12.3. The first-order valence-electron chi connectivity index (χ1n) is 6.05. The van der Waals surface area contributed by atoms with Crippen molar-refractivity contribution in [2.75, 3.05) is 14.1 Å². The van der Waals surface area contributed by atoms with Gasteiger partial charge >= 0.3 is 5.97 Å². The normalized spacial score (nSPS) is 11.6. The van der Waals surface area contributed by atoms with E-state index in [0.717, 1.165) is 4.31 Å². The third-order valence-corrected chi connectivity index (χ3v) is 4.81. The second-order valence-electron chi connectivity index (χ2n) is 4.52. The number of carboxylic acid groups (broad SMARTS) is 1. The van der Waals surface area contributed by atoms with Gasteiger partial charge < -0.3 is 5.11 Å². The summed E-state index contributed by atoms with van der Waals surface area (Å²) in [6, 6.07) is 9.38. The molecule has 0 bridgehead atoms. The molecule has 0 atom stereocenters. The molecule has 7 heteroatoms. The molecule has 1 aromatic carbocycles. The molecular formula is C14H14N2O4S. The van der Waals surface area contributed by atoms with Gasteiger partial charge in [0.2, 0.25) is 10.0 Å². The van der Waals surface area contributed by atoms with Crippen LogP contribution in [0.15, 0.2) is 47.5 Å². The number of aromatic nitrogens is 1. The van der Waals surface area contributed by atoms with Gasteiger partial charge in [-0.3, -0.25) is 0 Å². The molecule has 0 fully saturated rings. The zero-order valence-electron chi connectivity index (χ0n) is 11.5. The van der Waals surface area contributed by atoms with Crippen molar-refractivity contribution in [3.63, 3.8) is 0 Å². The predicted molar refractivity (Wildman–Crippen MR) is 77.5 cm³/mol. The molecule has 1 heterocycles. The van der Waals surface area contributed by atoms with E-state index in [1.807, 2.05) is 0 Å². The molecule has 1 aromatic heterocycles. The number of hydrogen-bond donors (Lipinski definition) is 1. The molecule has 21 heavy (non-hydrogen) atoms. The van der Waals surface area contributed by atoms with Crippen LogP contribution in [-0.2, 0) is 10.0 Å². The van der Waals surface area contributed by atoms with Crippen LogP contribution in [-0.4, -0.2) is 42.9 Å². The monoisotopic (exact) mass is 306 g/mol. The van der Waals surface area contributed by atoms with Crippen molar-refractivity contribution in [1.29, 1.82) is 0 Å². The van der Waals surface area contributed by atoms with Crippen molar-refractivity contribution in [3.05, 3.63) is 48.3 Å². The molecule has 0 saturated heterocycles. The van der Waals surface area contributed by atoms with Crippen LogP contribution >= 0.6 is 0 Å². The van der Waals surface area contributed by atoms with Crippen LogP contribution in [0.2, 0.25) is 0 Å². The highest BCUT2D eigenvalue weighted by molar-refractivity contribution is 7.89. The molecule has 6 nitrogen and oxygen atoms in total. The third-order valence-electron chi connectivity index (χ3n) is 2.94. The number of carboxylic acids is 1. The van der Waals surface area contributed by atoms with Crippen molar-refractivity contribution in [2.24, 2.45) is 0 Å². The standard InChI is InChI=1S/C14H14N2O4S/c1-16(2)21(19,20)13-6-4-3-5-11(13)10-7-8-15-12(9-10)14(17)18/h3-9H,1-2H3,(H,17,18). The van der Waals surface area contributed by atoms with Crippen molar-refractivity contribution in [3.8, 4) is 11.1 Å². The van der Waals surface area contributed by atoms with Gasteiger partial charge in [-0.2, -0.15) is 0 Å². The summed E-state index contributed by atoms with van der Waals surface area (Å²) in [5, 5.41) is 8.98. The summed E-state index contributed by atoms with van der Waals surface area (Å²) in [5.74, 6) is -1.16. The molecule has 0 amide bonds. The first kappa shape index (κ1) is 15.1. The largest absolute Gasteiger partial charge is 0.477 e. The maximum Gasteiger partial charge on any atom is 0.354 e. The van der Waals surface area contributed by atoms with E-state index in [1.165, 1.54) is 32.4 Å². The highest BCUT2D eigenvalue weighted by atomic mass is 32.2.